The molecule has 0 bridgehead atoms. The number of rotatable bonds is 10. The van der Waals surface area contributed by atoms with Gasteiger partial charge in [0, 0.05) is 6.42 Å². The molecule has 0 aliphatic rings. The Labute approximate surface area is 180 Å². The van der Waals surface area contributed by atoms with Crippen molar-refractivity contribution in [3.05, 3.63) is 65.0 Å². The number of hydrogen-bond acceptors (Lipinski definition) is 5. The summed E-state index contributed by atoms with van der Waals surface area (Å²) < 4.78 is 28.3. The molecule has 1 aromatic heterocycles. The Balaban J connectivity index is 1.66. The molecule has 0 aliphatic carbocycles. The number of nitrogens with zero attached hydrogens (tertiary/aromatic N) is 1. The lowest BCUT2D eigenvalue weighted by Crippen LogP contribution is -2.00. The third kappa shape index (κ3) is 6.12. The van der Waals surface area contributed by atoms with Crippen LogP contribution >= 0.6 is 0 Å². The molecule has 3 aromatic rings. The number of phenolic OH excluding ortho intramolecular Hbond substituents is 1. The highest BCUT2D eigenvalue weighted by molar-refractivity contribution is 5.73. The fraction of sp³-hybridized carbons (Fsp3) is 0.208. The molecule has 1 heterocycles. The lowest BCUT2D eigenvalue weighted by molar-refractivity contribution is 0.274. The number of benzene rings is 2. The van der Waals surface area contributed by atoms with E-state index in [9.17, 15) is 9.50 Å². The third-order valence-electron chi connectivity index (χ3n) is 4.45. The summed E-state index contributed by atoms with van der Waals surface area (Å²) in [6, 6.07) is 12.6. The Morgan fingerprint density at radius 3 is 2.35 bits per heavy atom. The highest BCUT2D eigenvalue weighted by atomic mass is 18.2. The largest absolute Gasteiger partial charge is 0.504 e. The molecule has 0 fully saturated rings. The number of aromatic nitrogens is 2. The summed E-state index contributed by atoms with van der Waals surface area (Å²) >= 11 is 0. The van der Waals surface area contributed by atoms with E-state index in [0.29, 0.717) is 30.3 Å². The van der Waals surface area contributed by atoms with E-state index in [-0.39, 0.29) is 5.75 Å². The van der Waals surface area contributed by atoms with Crippen molar-refractivity contribution in [2.75, 3.05) is 27.5 Å². The van der Waals surface area contributed by atoms with Gasteiger partial charge in [0.1, 0.15) is 0 Å². The van der Waals surface area contributed by atoms with Crippen LogP contribution in [0, 0.1) is 0 Å². The van der Waals surface area contributed by atoms with Crippen molar-refractivity contribution in [1.82, 2.24) is 10.2 Å². The summed E-state index contributed by atoms with van der Waals surface area (Å²) in [6.45, 7) is -0.102. The van der Waals surface area contributed by atoms with Crippen LogP contribution in [0.25, 0.3) is 24.3 Å². The zero-order valence-corrected chi connectivity index (χ0v) is 17.5. The number of aromatic amines is 1. The predicted molar refractivity (Wildman–Crippen MR) is 120 cm³/mol. The Hall–Kier alpha value is -3.74. The summed E-state index contributed by atoms with van der Waals surface area (Å²) in [6.07, 6.45) is 7.94. The summed E-state index contributed by atoms with van der Waals surface area (Å²) in [5, 5.41) is 16.9. The molecule has 0 amide bonds. The van der Waals surface area contributed by atoms with Crippen LogP contribution in [0.2, 0.25) is 0 Å². The van der Waals surface area contributed by atoms with Crippen LogP contribution in [0.1, 0.15) is 28.9 Å². The van der Waals surface area contributed by atoms with Crippen LogP contribution in [-0.2, 0) is 0 Å². The molecular weight excluding hydrogens is 398 g/mol. The van der Waals surface area contributed by atoms with Gasteiger partial charge < -0.3 is 19.3 Å². The number of hydrogen-bond donors (Lipinski definition) is 2. The number of ether oxygens (including phenoxy) is 3. The molecule has 3 rings (SSSR count). The van der Waals surface area contributed by atoms with Gasteiger partial charge in [0.05, 0.1) is 38.9 Å². The van der Waals surface area contributed by atoms with Crippen LogP contribution < -0.4 is 14.2 Å². The maximum Gasteiger partial charge on any atom is 0.161 e. The SMILES string of the molecule is COc1cc(/C=C/c2cc(/C=C/c3ccc(OCCC[18F])c(OC)c3)n[nH]2)ccc1O. The van der Waals surface area contributed by atoms with Crippen molar-refractivity contribution >= 4 is 24.3 Å². The first-order valence-corrected chi connectivity index (χ1v) is 9.78. The van der Waals surface area contributed by atoms with Crippen molar-refractivity contribution < 1.29 is 23.7 Å². The third-order valence-corrected chi connectivity index (χ3v) is 4.45. The maximum atomic E-state index is 12.2. The van der Waals surface area contributed by atoms with Crippen molar-refractivity contribution in [3.63, 3.8) is 0 Å². The monoisotopic (exact) mass is 423 g/mol. The zero-order chi connectivity index (χ0) is 22.1. The van der Waals surface area contributed by atoms with E-state index in [1.807, 2.05) is 42.5 Å². The van der Waals surface area contributed by atoms with Gasteiger partial charge in [0.25, 0.3) is 0 Å². The maximum absolute atomic E-state index is 12.2. The standard InChI is InChI=1S/C24H25FN2O4/c1-29-23-14-17(6-10-21(23)28)4-8-19-16-20(27-26-19)9-5-18-7-11-22(24(15-18)30-2)31-13-3-12-25/h4-11,14-16,28H,3,12-13H2,1-2H3,(H,26,27)/b8-4+,9-5+/i25-1. The van der Waals surface area contributed by atoms with E-state index >= 15 is 0 Å². The van der Waals surface area contributed by atoms with Gasteiger partial charge >= 0.3 is 0 Å². The molecule has 0 saturated carbocycles. The molecule has 162 valence electrons. The summed E-state index contributed by atoms with van der Waals surface area (Å²) in [5.74, 6) is 1.70. The smallest absolute Gasteiger partial charge is 0.161 e. The molecule has 6 nitrogen and oxygen atoms in total. The highest BCUT2D eigenvalue weighted by Gasteiger charge is 2.05. The minimum Gasteiger partial charge on any atom is -0.504 e. The Bertz CT molecular complexity index is 1060. The average molecular weight is 423 g/mol. The van der Waals surface area contributed by atoms with Gasteiger partial charge in [-0.05, 0) is 53.6 Å². The van der Waals surface area contributed by atoms with Gasteiger partial charge in [-0.3, -0.25) is 9.49 Å². The lowest BCUT2D eigenvalue weighted by Gasteiger charge is -2.10. The molecule has 2 N–H and O–H groups in total. The Morgan fingerprint density at radius 2 is 1.61 bits per heavy atom. The molecule has 31 heavy (non-hydrogen) atoms. The number of phenols is 1. The predicted octanol–water partition coefficient (Wildman–Crippen LogP) is 5.21. The van der Waals surface area contributed by atoms with E-state index in [2.05, 4.69) is 10.2 Å². The van der Waals surface area contributed by atoms with Crippen LogP contribution in [0.5, 0.6) is 23.0 Å². The van der Waals surface area contributed by atoms with Gasteiger partial charge in [-0.15, -0.1) is 0 Å². The Kier molecular flexibility index (Phi) is 7.70. The quantitative estimate of drug-likeness (QED) is 0.438. The first-order chi connectivity index (χ1) is 15.1. The van der Waals surface area contributed by atoms with Gasteiger partial charge in [-0.25, -0.2) is 0 Å². The number of halogens is 1. The van der Waals surface area contributed by atoms with E-state index in [0.717, 1.165) is 22.5 Å². The lowest BCUT2D eigenvalue weighted by atomic mass is 10.1. The summed E-state index contributed by atoms with van der Waals surface area (Å²) in [4.78, 5) is 0. The molecule has 0 spiro atoms. The molecular formula is C24H25FN2O4. The molecule has 2 aromatic carbocycles. The number of alkyl halides is 1. The van der Waals surface area contributed by atoms with E-state index in [1.54, 1.807) is 31.4 Å². The van der Waals surface area contributed by atoms with Gasteiger partial charge in [0.2, 0.25) is 0 Å². The first kappa shape index (κ1) is 22.0. The van der Waals surface area contributed by atoms with Gasteiger partial charge in [-0.2, -0.15) is 5.10 Å². The second-order valence-electron chi connectivity index (χ2n) is 6.65. The first-order valence-electron chi connectivity index (χ1n) is 9.78. The molecule has 0 radical (unpaired) electrons. The minimum absolute atomic E-state index is 0.101. The molecule has 7 heteroatoms. The van der Waals surface area contributed by atoms with Crippen molar-refractivity contribution in [2.45, 2.75) is 6.42 Å². The van der Waals surface area contributed by atoms with Crippen molar-refractivity contribution in [1.29, 1.82) is 0 Å². The zero-order valence-electron chi connectivity index (χ0n) is 17.5. The summed E-state index contributed by atoms with van der Waals surface area (Å²) in [5.41, 5.74) is 3.42. The van der Waals surface area contributed by atoms with Gasteiger partial charge in [-0.1, -0.05) is 24.3 Å². The highest BCUT2D eigenvalue weighted by Crippen LogP contribution is 2.29. The Morgan fingerprint density at radius 1 is 0.903 bits per heavy atom. The van der Waals surface area contributed by atoms with Crippen molar-refractivity contribution in [2.24, 2.45) is 0 Å². The number of H-pyrrole nitrogens is 1. The number of nitrogens with one attached hydrogen (secondary N) is 1. The topological polar surface area (TPSA) is 76.6 Å². The van der Waals surface area contributed by atoms with E-state index in [4.69, 9.17) is 14.2 Å². The van der Waals surface area contributed by atoms with Crippen LogP contribution in [0.3, 0.4) is 0 Å². The second-order valence-corrected chi connectivity index (χ2v) is 6.65. The van der Waals surface area contributed by atoms with Crippen molar-refractivity contribution in [3.8, 4) is 23.0 Å². The van der Waals surface area contributed by atoms with Crippen LogP contribution in [0.4, 0.5) is 4.39 Å². The van der Waals surface area contributed by atoms with E-state index in [1.165, 1.54) is 7.11 Å². The minimum atomic E-state index is -0.410. The molecule has 0 atom stereocenters. The fourth-order valence-corrected chi connectivity index (χ4v) is 2.83. The van der Waals surface area contributed by atoms with Crippen LogP contribution in [-0.4, -0.2) is 42.8 Å². The normalized spacial score (nSPS) is 11.3. The number of methoxy groups -OCH3 is 2. The molecule has 0 saturated heterocycles. The second kappa shape index (κ2) is 10.9. The number of aromatic hydroxyl groups is 1. The van der Waals surface area contributed by atoms with Gasteiger partial charge in [0.15, 0.2) is 23.0 Å². The summed E-state index contributed by atoms with van der Waals surface area (Å²) in [7, 11) is 3.08. The fourth-order valence-electron chi connectivity index (χ4n) is 2.83. The molecule has 0 aliphatic heterocycles. The average Bonchev–Trinajstić information content (AvgIpc) is 3.25. The van der Waals surface area contributed by atoms with E-state index < -0.39 is 6.67 Å². The van der Waals surface area contributed by atoms with Crippen LogP contribution in [0.15, 0.2) is 42.5 Å². The molecule has 0 unspecified atom stereocenters.